The van der Waals surface area contributed by atoms with E-state index in [2.05, 4.69) is 15.5 Å². The molecule has 0 unspecified atom stereocenters. The summed E-state index contributed by atoms with van der Waals surface area (Å²) in [5.74, 6) is 0.932. The molecule has 2 aromatic heterocycles. The Balaban J connectivity index is 2.35. The number of hydrogen-bond acceptors (Lipinski definition) is 5. The summed E-state index contributed by atoms with van der Waals surface area (Å²) < 4.78 is 6.48. The Kier molecular flexibility index (Phi) is 2.82. The summed E-state index contributed by atoms with van der Waals surface area (Å²) in [5.41, 5.74) is 0.562. The average molecular weight is 220 g/mol. The minimum atomic E-state index is -0.0996. The lowest BCUT2D eigenvalue weighted by Crippen LogP contribution is -2.14. The van der Waals surface area contributed by atoms with E-state index >= 15 is 0 Å². The summed E-state index contributed by atoms with van der Waals surface area (Å²) in [4.78, 5) is 15.6. The van der Waals surface area contributed by atoms with Gasteiger partial charge in [0.05, 0.1) is 6.54 Å². The number of pyridine rings is 1. The van der Waals surface area contributed by atoms with Gasteiger partial charge in [-0.25, -0.2) is 0 Å². The third kappa shape index (κ3) is 2.01. The van der Waals surface area contributed by atoms with Crippen molar-refractivity contribution in [3.05, 3.63) is 34.6 Å². The lowest BCUT2D eigenvalue weighted by atomic mass is 10.2. The van der Waals surface area contributed by atoms with Gasteiger partial charge >= 0.3 is 0 Å². The van der Waals surface area contributed by atoms with Gasteiger partial charge in [0, 0.05) is 24.9 Å². The van der Waals surface area contributed by atoms with Gasteiger partial charge in [-0.3, -0.25) is 4.79 Å². The van der Waals surface area contributed by atoms with Crippen molar-refractivity contribution in [3.8, 4) is 11.4 Å². The Bertz CT molecular complexity index is 544. The van der Waals surface area contributed by atoms with E-state index in [0.717, 1.165) is 0 Å². The van der Waals surface area contributed by atoms with Gasteiger partial charge in [-0.2, -0.15) is 4.98 Å². The molecule has 0 aliphatic heterocycles. The van der Waals surface area contributed by atoms with Crippen LogP contribution < -0.4 is 10.9 Å². The molecule has 84 valence electrons. The molecule has 0 radical (unpaired) electrons. The molecule has 16 heavy (non-hydrogen) atoms. The van der Waals surface area contributed by atoms with Gasteiger partial charge in [-0.15, -0.1) is 0 Å². The Morgan fingerprint density at radius 3 is 3.06 bits per heavy atom. The monoisotopic (exact) mass is 220 g/mol. The van der Waals surface area contributed by atoms with E-state index in [1.165, 1.54) is 10.6 Å². The van der Waals surface area contributed by atoms with Crippen molar-refractivity contribution in [2.75, 3.05) is 7.05 Å². The van der Waals surface area contributed by atoms with Gasteiger partial charge in [0.25, 0.3) is 5.56 Å². The maximum Gasteiger partial charge on any atom is 0.250 e. The number of hydrogen-bond donors (Lipinski definition) is 1. The predicted molar refractivity (Wildman–Crippen MR) is 57.7 cm³/mol. The molecular formula is C10H12N4O2. The first-order valence-corrected chi connectivity index (χ1v) is 4.85. The molecule has 0 saturated heterocycles. The van der Waals surface area contributed by atoms with Crippen molar-refractivity contribution >= 4 is 0 Å². The first kappa shape index (κ1) is 10.6. The summed E-state index contributed by atoms with van der Waals surface area (Å²) in [6.07, 6.45) is 1.67. The van der Waals surface area contributed by atoms with Crippen LogP contribution in [0.2, 0.25) is 0 Å². The smallest absolute Gasteiger partial charge is 0.250 e. The molecular weight excluding hydrogens is 208 g/mol. The lowest BCUT2D eigenvalue weighted by molar-refractivity contribution is 0.372. The fourth-order valence-corrected chi connectivity index (χ4v) is 1.28. The number of nitrogens with zero attached hydrogens (tertiary/aromatic N) is 3. The van der Waals surface area contributed by atoms with Crippen molar-refractivity contribution in [2.45, 2.75) is 6.54 Å². The van der Waals surface area contributed by atoms with Gasteiger partial charge in [0.1, 0.15) is 0 Å². The van der Waals surface area contributed by atoms with Crippen LogP contribution in [0.4, 0.5) is 0 Å². The van der Waals surface area contributed by atoms with Crippen LogP contribution in [0, 0.1) is 0 Å². The van der Waals surface area contributed by atoms with Crippen LogP contribution in [-0.4, -0.2) is 21.8 Å². The highest BCUT2D eigenvalue weighted by Crippen LogP contribution is 2.12. The fourth-order valence-electron chi connectivity index (χ4n) is 1.28. The molecule has 0 atom stereocenters. The molecule has 6 heteroatoms. The number of rotatable bonds is 3. The molecule has 0 spiro atoms. The van der Waals surface area contributed by atoms with Gasteiger partial charge in [0.2, 0.25) is 11.7 Å². The van der Waals surface area contributed by atoms with Crippen molar-refractivity contribution in [3.63, 3.8) is 0 Å². The van der Waals surface area contributed by atoms with Gasteiger partial charge in [0.15, 0.2) is 0 Å². The summed E-state index contributed by atoms with van der Waals surface area (Å²) in [5, 5.41) is 6.71. The van der Waals surface area contributed by atoms with E-state index in [1.807, 2.05) is 0 Å². The standard InChI is InChI=1S/C10H12N4O2/c1-11-6-8-12-10(13-16-8)7-3-4-14(2)9(15)5-7/h3-5,11H,6H2,1-2H3. The van der Waals surface area contributed by atoms with Crippen molar-refractivity contribution < 1.29 is 4.52 Å². The summed E-state index contributed by atoms with van der Waals surface area (Å²) >= 11 is 0. The fraction of sp³-hybridized carbons (Fsp3) is 0.300. The van der Waals surface area contributed by atoms with E-state index < -0.39 is 0 Å². The largest absolute Gasteiger partial charge is 0.338 e. The highest BCUT2D eigenvalue weighted by molar-refractivity contribution is 5.52. The average Bonchev–Trinajstić information content (AvgIpc) is 2.71. The molecule has 1 N–H and O–H groups in total. The second-order valence-electron chi connectivity index (χ2n) is 3.41. The van der Waals surface area contributed by atoms with Crippen molar-refractivity contribution in [2.24, 2.45) is 7.05 Å². The first-order chi connectivity index (χ1) is 7.70. The van der Waals surface area contributed by atoms with Crippen LogP contribution in [0.5, 0.6) is 0 Å². The SMILES string of the molecule is CNCc1nc(-c2ccn(C)c(=O)c2)no1. The summed E-state index contributed by atoms with van der Waals surface area (Å²) in [6, 6.07) is 3.25. The number of nitrogens with one attached hydrogen (secondary N) is 1. The van der Waals surface area contributed by atoms with Crippen LogP contribution in [0.15, 0.2) is 27.6 Å². The minimum absolute atomic E-state index is 0.0996. The molecule has 0 fully saturated rings. The van der Waals surface area contributed by atoms with Crippen molar-refractivity contribution in [1.82, 2.24) is 20.0 Å². The van der Waals surface area contributed by atoms with E-state index in [0.29, 0.717) is 23.8 Å². The molecule has 0 amide bonds. The summed E-state index contributed by atoms with van der Waals surface area (Å²) in [6.45, 7) is 0.512. The van der Waals surface area contributed by atoms with Crippen LogP contribution in [0.3, 0.4) is 0 Å². The van der Waals surface area contributed by atoms with Gasteiger partial charge in [-0.1, -0.05) is 5.16 Å². The lowest BCUT2D eigenvalue weighted by Gasteiger charge is -1.96. The zero-order chi connectivity index (χ0) is 11.5. The van der Waals surface area contributed by atoms with Crippen LogP contribution in [0.25, 0.3) is 11.4 Å². The molecule has 0 aliphatic carbocycles. The maximum atomic E-state index is 11.4. The maximum absolute atomic E-state index is 11.4. The highest BCUT2D eigenvalue weighted by Gasteiger charge is 2.08. The molecule has 0 saturated carbocycles. The van der Waals surface area contributed by atoms with E-state index in [4.69, 9.17) is 4.52 Å². The Morgan fingerprint density at radius 2 is 2.38 bits per heavy atom. The Labute approximate surface area is 91.9 Å². The van der Waals surface area contributed by atoms with E-state index in [-0.39, 0.29) is 5.56 Å². The minimum Gasteiger partial charge on any atom is -0.338 e. The quantitative estimate of drug-likeness (QED) is 0.797. The Morgan fingerprint density at radius 1 is 1.56 bits per heavy atom. The number of aromatic nitrogens is 3. The third-order valence-corrected chi connectivity index (χ3v) is 2.16. The topological polar surface area (TPSA) is 73.0 Å². The molecule has 0 aliphatic rings. The molecule has 2 rings (SSSR count). The van der Waals surface area contributed by atoms with Crippen LogP contribution in [0.1, 0.15) is 5.89 Å². The molecule has 0 bridgehead atoms. The second kappa shape index (κ2) is 4.28. The highest BCUT2D eigenvalue weighted by atomic mass is 16.5. The zero-order valence-corrected chi connectivity index (χ0v) is 9.10. The van der Waals surface area contributed by atoms with Crippen LogP contribution in [-0.2, 0) is 13.6 Å². The second-order valence-corrected chi connectivity index (χ2v) is 3.41. The predicted octanol–water partition coefficient (Wildman–Crippen LogP) is 0.155. The molecule has 2 heterocycles. The first-order valence-electron chi connectivity index (χ1n) is 4.85. The van der Waals surface area contributed by atoms with E-state index in [1.54, 1.807) is 26.4 Å². The Hall–Kier alpha value is -1.95. The molecule has 2 aromatic rings. The third-order valence-electron chi connectivity index (χ3n) is 2.16. The van der Waals surface area contributed by atoms with Gasteiger partial charge < -0.3 is 14.4 Å². The summed E-state index contributed by atoms with van der Waals surface area (Å²) in [7, 11) is 3.48. The molecule has 0 aromatic carbocycles. The van der Waals surface area contributed by atoms with Crippen LogP contribution >= 0.6 is 0 Å². The van der Waals surface area contributed by atoms with Crippen molar-refractivity contribution in [1.29, 1.82) is 0 Å². The molecule has 6 nitrogen and oxygen atoms in total. The normalized spacial score (nSPS) is 10.6. The number of aryl methyl sites for hydroxylation is 1. The zero-order valence-electron chi connectivity index (χ0n) is 9.10. The van der Waals surface area contributed by atoms with E-state index in [9.17, 15) is 4.79 Å². The van der Waals surface area contributed by atoms with Gasteiger partial charge in [-0.05, 0) is 13.1 Å².